The van der Waals surface area contributed by atoms with Crippen LogP contribution in [0, 0.1) is 0 Å². The average molecular weight is 475 g/mol. The molecule has 1 heterocycles. The summed E-state index contributed by atoms with van der Waals surface area (Å²) >= 11 is 3.22. The molecule has 0 saturated heterocycles. The van der Waals surface area contributed by atoms with Gasteiger partial charge in [-0.2, -0.15) is 16.8 Å². The standard InChI is InChI=1S/C24H30N2O4S2/c1-5-6-7-13-30-18-10-8-17(9-11-18)23(27)25-24-26(12-14-31-4)19-15-20(28-2)21(29-3)16-22(19)32-24/h8-11,15-16H,5-7,12-14H2,1-4H3. The molecule has 0 aliphatic rings. The van der Waals surface area contributed by atoms with Crippen LogP contribution in [-0.2, 0) is 6.54 Å². The minimum atomic E-state index is -0.272. The number of fused-ring (bicyclic) bond motifs is 1. The van der Waals surface area contributed by atoms with Crippen molar-refractivity contribution in [2.45, 2.75) is 32.7 Å². The summed E-state index contributed by atoms with van der Waals surface area (Å²) < 4.78 is 19.7. The number of hydrogen-bond donors (Lipinski definition) is 0. The summed E-state index contributed by atoms with van der Waals surface area (Å²) in [5.41, 5.74) is 1.51. The number of carbonyl (C=O) groups excluding carboxylic acids is 1. The van der Waals surface area contributed by atoms with Gasteiger partial charge in [-0.3, -0.25) is 4.79 Å². The predicted molar refractivity (Wildman–Crippen MR) is 133 cm³/mol. The minimum Gasteiger partial charge on any atom is -0.494 e. The highest BCUT2D eigenvalue weighted by Crippen LogP contribution is 2.33. The van der Waals surface area contributed by atoms with Crippen LogP contribution < -0.4 is 19.0 Å². The fourth-order valence-electron chi connectivity index (χ4n) is 3.27. The molecule has 0 N–H and O–H groups in total. The van der Waals surface area contributed by atoms with Crippen molar-refractivity contribution in [2.75, 3.05) is 32.8 Å². The summed E-state index contributed by atoms with van der Waals surface area (Å²) in [6.45, 7) is 3.60. The quantitative estimate of drug-likeness (QED) is 0.349. The van der Waals surface area contributed by atoms with E-state index in [0.717, 1.165) is 47.5 Å². The van der Waals surface area contributed by atoms with Gasteiger partial charge in [0.25, 0.3) is 5.91 Å². The van der Waals surface area contributed by atoms with Gasteiger partial charge in [-0.15, -0.1) is 0 Å². The SMILES string of the molecule is CCCCCOc1ccc(C(=O)N=c2sc3cc(OC)c(OC)cc3n2CCSC)cc1. The van der Waals surface area contributed by atoms with Crippen LogP contribution in [0.5, 0.6) is 17.2 Å². The lowest BCUT2D eigenvalue weighted by molar-refractivity contribution is 0.0998. The molecule has 0 radical (unpaired) electrons. The third-order valence-electron chi connectivity index (χ3n) is 5.02. The van der Waals surface area contributed by atoms with Crippen molar-refractivity contribution in [3.63, 3.8) is 0 Å². The topological polar surface area (TPSA) is 62.1 Å². The first-order valence-electron chi connectivity index (χ1n) is 10.7. The molecule has 6 nitrogen and oxygen atoms in total. The fraction of sp³-hybridized carbons (Fsp3) is 0.417. The number of ether oxygens (including phenoxy) is 3. The maximum absolute atomic E-state index is 12.9. The number of hydrogen-bond acceptors (Lipinski definition) is 6. The molecule has 1 aromatic heterocycles. The Morgan fingerprint density at radius 1 is 1.09 bits per heavy atom. The Hall–Kier alpha value is -2.45. The molecule has 1 amide bonds. The number of thioether (sulfide) groups is 1. The summed E-state index contributed by atoms with van der Waals surface area (Å²) in [5, 5.41) is 0. The van der Waals surface area contributed by atoms with Crippen molar-refractivity contribution in [1.29, 1.82) is 0 Å². The molecule has 3 aromatic rings. The summed E-state index contributed by atoms with van der Waals surface area (Å²) in [7, 11) is 3.24. The van der Waals surface area contributed by atoms with E-state index in [0.29, 0.717) is 28.5 Å². The first-order chi connectivity index (χ1) is 15.6. The molecule has 0 aliphatic carbocycles. The van der Waals surface area contributed by atoms with E-state index in [-0.39, 0.29) is 5.91 Å². The van der Waals surface area contributed by atoms with E-state index in [1.807, 2.05) is 24.3 Å². The Balaban J connectivity index is 1.91. The van der Waals surface area contributed by atoms with E-state index in [2.05, 4.69) is 22.7 Å². The lowest BCUT2D eigenvalue weighted by Gasteiger charge is -2.09. The molecule has 3 rings (SSSR count). The molecule has 0 saturated carbocycles. The molecule has 32 heavy (non-hydrogen) atoms. The van der Waals surface area contributed by atoms with E-state index >= 15 is 0 Å². The highest BCUT2D eigenvalue weighted by molar-refractivity contribution is 7.98. The molecule has 0 fully saturated rings. The van der Waals surface area contributed by atoms with E-state index in [1.165, 1.54) is 11.3 Å². The van der Waals surface area contributed by atoms with Crippen LogP contribution in [-0.4, -0.2) is 43.3 Å². The number of amides is 1. The van der Waals surface area contributed by atoms with Gasteiger partial charge in [-0.05, 0) is 36.9 Å². The molecule has 8 heteroatoms. The molecular weight excluding hydrogens is 444 g/mol. The van der Waals surface area contributed by atoms with E-state index in [1.54, 1.807) is 38.1 Å². The Bertz CT molecular complexity index is 1100. The molecule has 0 unspecified atom stereocenters. The Labute approximate surface area is 197 Å². The van der Waals surface area contributed by atoms with E-state index in [4.69, 9.17) is 14.2 Å². The smallest absolute Gasteiger partial charge is 0.279 e. The third kappa shape index (κ3) is 5.86. The molecular formula is C24H30N2O4S2. The Morgan fingerprint density at radius 3 is 2.47 bits per heavy atom. The highest BCUT2D eigenvalue weighted by Gasteiger charge is 2.14. The largest absolute Gasteiger partial charge is 0.494 e. The monoisotopic (exact) mass is 474 g/mol. The Kier molecular flexibility index (Phi) is 9.05. The lowest BCUT2D eigenvalue weighted by atomic mass is 10.2. The van der Waals surface area contributed by atoms with Gasteiger partial charge in [0.15, 0.2) is 16.3 Å². The first kappa shape index (κ1) is 24.2. The number of nitrogens with zero attached hydrogens (tertiary/aromatic N) is 2. The van der Waals surface area contributed by atoms with E-state index in [9.17, 15) is 4.79 Å². The van der Waals surface area contributed by atoms with Crippen molar-refractivity contribution >= 4 is 39.2 Å². The number of methoxy groups -OCH3 is 2. The zero-order chi connectivity index (χ0) is 22.9. The van der Waals surface area contributed by atoms with Crippen LogP contribution in [0.2, 0.25) is 0 Å². The minimum absolute atomic E-state index is 0.272. The highest BCUT2D eigenvalue weighted by atomic mass is 32.2. The normalized spacial score (nSPS) is 11.7. The van der Waals surface area contributed by atoms with Gasteiger partial charge >= 0.3 is 0 Å². The van der Waals surface area contributed by atoms with Gasteiger partial charge in [0.2, 0.25) is 0 Å². The van der Waals surface area contributed by atoms with Gasteiger partial charge in [-0.1, -0.05) is 31.1 Å². The van der Waals surface area contributed by atoms with Gasteiger partial charge < -0.3 is 18.8 Å². The number of carbonyl (C=O) groups is 1. The summed E-state index contributed by atoms with van der Waals surface area (Å²) in [6.07, 6.45) is 5.40. The van der Waals surface area contributed by atoms with Crippen LogP contribution in [0.3, 0.4) is 0 Å². The van der Waals surface area contributed by atoms with Crippen molar-refractivity contribution in [3.8, 4) is 17.2 Å². The van der Waals surface area contributed by atoms with Gasteiger partial charge in [0, 0.05) is 30.0 Å². The number of unbranched alkanes of at least 4 members (excludes halogenated alkanes) is 2. The lowest BCUT2D eigenvalue weighted by Crippen LogP contribution is -2.18. The molecule has 0 spiro atoms. The van der Waals surface area contributed by atoms with Crippen molar-refractivity contribution in [1.82, 2.24) is 4.57 Å². The van der Waals surface area contributed by atoms with Crippen molar-refractivity contribution < 1.29 is 19.0 Å². The summed E-state index contributed by atoms with van der Waals surface area (Å²) in [4.78, 5) is 18.0. The Morgan fingerprint density at radius 2 is 1.81 bits per heavy atom. The molecule has 0 bridgehead atoms. The fourth-order valence-corrected chi connectivity index (χ4v) is 4.70. The second-order valence-corrected chi connectivity index (χ2v) is 9.20. The number of aromatic nitrogens is 1. The first-order valence-corrected chi connectivity index (χ1v) is 12.9. The second-order valence-electron chi connectivity index (χ2n) is 7.20. The third-order valence-corrected chi connectivity index (χ3v) is 6.65. The number of aryl methyl sites for hydroxylation is 1. The number of rotatable bonds is 11. The van der Waals surface area contributed by atoms with Crippen molar-refractivity contribution in [2.24, 2.45) is 4.99 Å². The van der Waals surface area contributed by atoms with Crippen LogP contribution in [0.15, 0.2) is 41.4 Å². The van der Waals surface area contributed by atoms with Gasteiger partial charge in [0.05, 0.1) is 31.0 Å². The second kappa shape index (κ2) is 12.0. The summed E-state index contributed by atoms with van der Waals surface area (Å²) in [6, 6.07) is 11.1. The van der Waals surface area contributed by atoms with Crippen LogP contribution >= 0.6 is 23.1 Å². The van der Waals surface area contributed by atoms with Gasteiger partial charge in [-0.25, -0.2) is 0 Å². The van der Waals surface area contributed by atoms with E-state index < -0.39 is 0 Å². The average Bonchev–Trinajstić information content (AvgIpc) is 3.15. The molecule has 0 aliphatic heterocycles. The van der Waals surface area contributed by atoms with Crippen LogP contribution in [0.4, 0.5) is 0 Å². The zero-order valence-corrected chi connectivity index (χ0v) is 20.7. The predicted octanol–water partition coefficient (Wildman–Crippen LogP) is 5.39. The van der Waals surface area contributed by atoms with Crippen LogP contribution in [0.25, 0.3) is 10.2 Å². The van der Waals surface area contributed by atoms with Crippen LogP contribution in [0.1, 0.15) is 36.5 Å². The summed E-state index contributed by atoms with van der Waals surface area (Å²) in [5.74, 6) is 2.72. The molecule has 2 aromatic carbocycles. The van der Waals surface area contributed by atoms with Crippen molar-refractivity contribution in [3.05, 3.63) is 46.8 Å². The molecule has 0 atom stereocenters. The maximum atomic E-state index is 12.9. The molecule has 172 valence electrons. The number of thiazole rings is 1. The maximum Gasteiger partial charge on any atom is 0.279 e. The van der Waals surface area contributed by atoms with Gasteiger partial charge in [0.1, 0.15) is 5.75 Å². The zero-order valence-electron chi connectivity index (χ0n) is 19.1. The number of benzene rings is 2.